The van der Waals surface area contributed by atoms with Gasteiger partial charge in [-0.1, -0.05) is 83.6 Å². The zero-order valence-corrected chi connectivity index (χ0v) is 24.7. The quantitative estimate of drug-likeness (QED) is 0.183. The van der Waals surface area contributed by atoms with Crippen molar-refractivity contribution >= 4 is 50.9 Å². The van der Waals surface area contributed by atoms with Crippen molar-refractivity contribution in [1.82, 2.24) is 19.6 Å². The molecule has 204 valence electrons. The summed E-state index contributed by atoms with van der Waals surface area (Å²) in [6.07, 6.45) is 21.9. The summed E-state index contributed by atoms with van der Waals surface area (Å²) >= 11 is 3.25. The summed E-state index contributed by atoms with van der Waals surface area (Å²) in [7, 11) is 0. The molecule has 6 heteroatoms. The van der Waals surface area contributed by atoms with Crippen molar-refractivity contribution in [3.05, 3.63) is 143 Å². The van der Waals surface area contributed by atoms with E-state index in [0.29, 0.717) is 0 Å². The van der Waals surface area contributed by atoms with E-state index in [1.54, 1.807) is 22.7 Å². The predicted molar refractivity (Wildman–Crippen MR) is 182 cm³/mol. The third-order valence-electron chi connectivity index (χ3n) is 8.02. The molecule has 3 aromatic carbocycles. The Balaban J connectivity index is 1.49. The number of benzene rings is 3. The van der Waals surface area contributed by atoms with E-state index < -0.39 is 0 Å². The number of rotatable bonds is 6. The van der Waals surface area contributed by atoms with E-state index in [9.17, 15) is 0 Å². The minimum Gasteiger partial charge on any atom is -0.263 e. The fraction of sp³-hybridized carbons (Fsp3) is 0.0541. The summed E-state index contributed by atoms with van der Waals surface area (Å²) in [5.74, 6) is 0.189. The van der Waals surface area contributed by atoms with Crippen LogP contribution in [0.3, 0.4) is 0 Å². The van der Waals surface area contributed by atoms with Crippen molar-refractivity contribution in [1.29, 1.82) is 0 Å². The lowest BCUT2D eigenvalue weighted by Gasteiger charge is -2.27. The summed E-state index contributed by atoms with van der Waals surface area (Å²) < 4.78 is 4.87. The Kier molecular flexibility index (Phi) is 6.58. The molecule has 0 saturated heterocycles. The normalized spacial score (nSPS) is 15.7. The Morgan fingerprint density at radius 3 is 2.16 bits per heavy atom. The third kappa shape index (κ3) is 4.62. The van der Waals surface area contributed by atoms with Crippen LogP contribution in [-0.2, 0) is 0 Å². The van der Waals surface area contributed by atoms with Gasteiger partial charge in [-0.05, 0) is 45.5 Å². The molecule has 3 aromatic heterocycles. The van der Waals surface area contributed by atoms with Gasteiger partial charge < -0.3 is 0 Å². The van der Waals surface area contributed by atoms with Crippen molar-refractivity contribution in [3.63, 3.8) is 0 Å². The van der Waals surface area contributed by atoms with Gasteiger partial charge in [0.25, 0.3) is 0 Å². The van der Waals surface area contributed by atoms with Crippen LogP contribution >= 0.6 is 22.7 Å². The molecule has 2 aliphatic rings. The monoisotopic (exact) mass is 589 g/mol. The topological polar surface area (TPSA) is 52.8 Å². The van der Waals surface area contributed by atoms with Gasteiger partial charge in [0.2, 0.25) is 0 Å². The zero-order valence-electron chi connectivity index (χ0n) is 23.1. The van der Waals surface area contributed by atoms with E-state index in [-0.39, 0.29) is 5.92 Å². The van der Waals surface area contributed by atoms with E-state index >= 15 is 0 Å². The van der Waals surface area contributed by atoms with Gasteiger partial charge in [0, 0.05) is 47.3 Å². The third-order valence-corrected chi connectivity index (χ3v) is 9.64. The van der Waals surface area contributed by atoms with E-state index in [4.69, 9.17) is 9.65 Å². The molecule has 4 nitrogen and oxygen atoms in total. The molecule has 0 saturated carbocycles. The Morgan fingerprint density at radius 2 is 1.42 bits per heavy atom. The molecule has 6 aromatic rings. The van der Waals surface area contributed by atoms with Gasteiger partial charge in [-0.3, -0.25) is 15.0 Å². The van der Waals surface area contributed by atoms with Crippen molar-refractivity contribution in [2.45, 2.75) is 12.3 Å². The second-order valence-electron chi connectivity index (χ2n) is 10.5. The Hall–Kier alpha value is -5.00. The van der Waals surface area contributed by atoms with Crippen LogP contribution in [0.15, 0.2) is 127 Å². The van der Waals surface area contributed by atoms with Gasteiger partial charge >= 0.3 is 11.9 Å². The van der Waals surface area contributed by atoms with Gasteiger partial charge in [-0.15, -0.1) is 22.7 Å². The molecule has 1 atom stereocenters. The van der Waals surface area contributed by atoms with E-state index in [0.717, 1.165) is 38.6 Å². The van der Waals surface area contributed by atoms with Crippen LogP contribution in [0, 0.1) is 0 Å². The fourth-order valence-corrected chi connectivity index (χ4v) is 7.38. The second kappa shape index (κ2) is 11.0. The molecule has 0 amide bonds. The summed E-state index contributed by atoms with van der Waals surface area (Å²) in [4.78, 5) is 15.6. The molecule has 0 spiro atoms. The molecule has 0 radical (unpaired) electrons. The van der Waals surface area contributed by atoms with Gasteiger partial charge in [-0.25, -0.2) is 0 Å². The fourth-order valence-electron chi connectivity index (χ4n) is 6.18. The first-order valence-corrected chi connectivity index (χ1v) is 15.9. The van der Waals surface area contributed by atoms with Gasteiger partial charge in [0.05, 0.1) is 27.7 Å². The average Bonchev–Trinajstić information content (AvgIpc) is 3.88. The van der Waals surface area contributed by atoms with Crippen molar-refractivity contribution < 1.29 is 0 Å². The molecule has 1 aliphatic carbocycles. The average molecular weight is 590 g/mol. The summed E-state index contributed by atoms with van der Waals surface area (Å²) in [6, 6.07) is 21.9. The SMILES string of the molecule is C1=CCC(c2c(-c3ccccc3)c(C3=CC(c4cncs4)=[N+]=C3)c3ccccc3c2-c2cncc(-c3cncs3)c2)C=C1. The zero-order chi connectivity index (χ0) is 28.6. The highest BCUT2D eigenvalue weighted by molar-refractivity contribution is 7.13. The Labute approximate surface area is 257 Å². The van der Waals surface area contributed by atoms with Crippen LogP contribution in [-0.4, -0.2) is 26.9 Å². The highest BCUT2D eigenvalue weighted by atomic mass is 32.1. The maximum Gasteiger partial charge on any atom is 0.346 e. The molecule has 0 N–H and O–H groups in total. The Bertz CT molecular complexity index is 2130. The molecule has 1 unspecified atom stereocenters. The van der Waals surface area contributed by atoms with Crippen molar-refractivity contribution in [2.24, 2.45) is 0 Å². The van der Waals surface area contributed by atoms with Crippen molar-refractivity contribution in [2.75, 3.05) is 0 Å². The molecule has 4 heterocycles. The standard InChI is InChI=1S/C37H25N4S2/c1-3-9-24(10-4-1)36-34(27-15-26(17-38-18-27)32-20-39-22-42-32)29-13-7-8-14-30(29)35(37(36)25-11-5-2-6-12-25)28-16-31(41-19-28)33-21-40-23-43-33/h1-9,11-24H,10H2/q+1. The van der Waals surface area contributed by atoms with Crippen LogP contribution in [0.1, 0.15) is 28.3 Å². The number of pyridine rings is 1. The van der Waals surface area contributed by atoms with Crippen LogP contribution in [0.5, 0.6) is 0 Å². The lowest BCUT2D eigenvalue weighted by Crippen LogP contribution is -2.07. The van der Waals surface area contributed by atoms with Crippen molar-refractivity contribution in [3.8, 4) is 32.7 Å². The lowest BCUT2D eigenvalue weighted by atomic mass is 9.75. The van der Waals surface area contributed by atoms with Crippen LogP contribution in [0.4, 0.5) is 0 Å². The number of nitrogens with zero attached hydrogens (tertiary/aromatic N) is 4. The molecule has 0 bridgehead atoms. The molecular formula is C37H25N4S2+. The smallest absolute Gasteiger partial charge is 0.263 e. The number of aromatic nitrogens is 3. The first-order valence-electron chi connectivity index (χ1n) is 14.2. The van der Waals surface area contributed by atoms with Crippen LogP contribution in [0.25, 0.3) is 49.0 Å². The van der Waals surface area contributed by atoms with E-state index in [1.807, 2.05) is 42.0 Å². The van der Waals surface area contributed by atoms with Crippen LogP contribution in [0.2, 0.25) is 0 Å². The summed E-state index contributed by atoms with van der Waals surface area (Å²) in [6.45, 7) is 0. The number of allylic oxidation sites excluding steroid dienone is 6. The number of hydrogen-bond acceptors (Lipinski definition) is 5. The highest BCUT2D eigenvalue weighted by Crippen LogP contribution is 2.49. The minimum atomic E-state index is 0.189. The molecule has 1 aliphatic heterocycles. The molecule has 43 heavy (non-hydrogen) atoms. The summed E-state index contributed by atoms with van der Waals surface area (Å²) in [5.41, 5.74) is 14.2. The lowest BCUT2D eigenvalue weighted by molar-refractivity contribution is 0.859. The van der Waals surface area contributed by atoms with Gasteiger partial charge in [0.15, 0.2) is 0 Å². The van der Waals surface area contributed by atoms with Crippen LogP contribution < -0.4 is 4.67 Å². The maximum atomic E-state index is 4.87. The molecular weight excluding hydrogens is 565 g/mol. The maximum absolute atomic E-state index is 4.87. The number of thiazole rings is 2. The minimum absolute atomic E-state index is 0.189. The molecule has 0 fully saturated rings. The predicted octanol–water partition coefficient (Wildman–Crippen LogP) is 8.77. The van der Waals surface area contributed by atoms with Gasteiger partial charge in [-0.2, -0.15) is 0 Å². The summed E-state index contributed by atoms with van der Waals surface area (Å²) in [5, 5.41) is 2.40. The number of fused-ring (bicyclic) bond motifs is 1. The number of hydrogen-bond donors (Lipinski definition) is 0. The highest BCUT2D eigenvalue weighted by Gasteiger charge is 2.30. The first-order chi connectivity index (χ1) is 21.3. The largest absolute Gasteiger partial charge is 0.346 e. The van der Waals surface area contributed by atoms with E-state index in [1.165, 1.54) is 38.6 Å². The first kappa shape index (κ1) is 25.7. The van der Waals surface area contributed by atoms with Gasteiger partial charge in [0.1, 0.15) is 4.88 Å². The van der Waals surface area contributed by atoms with E-state index in [2.05, 4.69) is 101 Å². The molecule has 8 rings (SSSR count). The Morgan fingerprint density at radius 1 is 0.674 bits per heavy atom. The second-order valence-corrected chi connectivity index (χ2v) is 12.3.